The molecule has 0 spiro atoms. The van der Waals surface area contributed by atoms with Gasteiger partial charge in [-0.15, -0.1) is 0 Å². The number of ether oxygens (including phenoxy) is 1. The van der Waals surface area contributed by atoms with Gasteiger partial charge in [-0.05, 0) is 51.6 Å². The van der Waals surface area contributed by atoms with Crippen molar-refractivity contribution in [1.82, 2.24) is 4.90 Å². The van der Waals surface area contributed by atoms with E-state index in [1.165, 1.54) is 38.5 Å². The molecule has 2 heterocycles. The molecule has 98 valence electrons. The number of hydrogen-bond acceptors (Lipinski definition) is 3. The summed E-state index contributed by atoms with van der Waals surface area (Å²) in [6.07, 6.45) is 9.12. The zero-order chi connectivity index (χ0) is 12.1. The molecule has 2 aliphatic heterocycles. The molecular weight excluding hydrogens is 232 g/mol. The van der Waals surface area contributed by atoms with Crippen LogP contribution in [0.25, 0.3) is 0 Å². The third kappa shape index (κ3) is 3.90. The summed E-state index contributed by atoms with van der Waals surface area (Å²) in [5.74, 6) is 0. The van der Waals surface area contributed by atoms with Crippen LogP contribution in [0.15, 0.2) is 0 Å². The summed E-state index contributed by atoms with van der Waals surface area (Å²) in [5, 5.41) is 0. The minimum atomic E-state index is 0.350. The van der Waals surface area contributed by atoms with Gasteiger partial charge in [0.1, 0.15) is 0 Å². The number of nitrogens with zero attached hydrogens (tertiary/aromatic N) is 1. The van der Waals surface area contributed by atoms with Gasteiger partial charge in [0.15, 0.2) is 0 Å². The molecule has 2 aliphatic rings. The van der Waals surface area contributed by atoms with Crippen LogP contribution in [-0.4, -0.2) is 41.7 Å². The third-order valence-electron chi connectivity index (χ3n) is 3.94. The van der Waals surface area contributed by atoms with Crippen molar-refractivity contribution in [1.29, 1.82) is 0 Å². The second-order valence-electron chi connectivity index (χ2n) is 5.23. The van der Waals surface area contributed by atoms with Gasteiger partial charge in [-0.1, -0.05) is 18.6 Å². The molecule has 2 saturated heterocycles. The lowest BCUT2D eigenvalue weighted by Gasteiger charge is -2.35. The van der Waals surface area contributed by atoms with Crippen molar-refractivity contribution in [2.75, 3.05) is 19.7 Å². The first-order valence-corrected chi connectivity index (χ1v) is 7.33. The monoisotopic (exact) mass is 256 g/mol. The molecule has 17 heavy (non-hydrogen) atoms. The van der Waals surface area contributed by atoms with Gasteiger partial charge in [-0.3, -0.25) is 4.90 Å². The highest BCUT2D eigenvalue weighted by Crippen LogP contribution is 2.20. The van der Waals surface area contributed by atoms with Crippen molar-refractivity contribution in [2.24, 2.45) is 5.73 Å². The predicted octanol–water partition coefficient (Wildman–Crippen LogP) is 2.09. The number of rotatable bonds is 5. The lowest BCUT2D eigenvalue weighted by molar-refractivity contribution is 0.0957. The first-order valence-electron chi connectivity index (χ1n) is 6.92. The fraction of sp³-hybridized carbons (Fsp3) is 0.923. The molecule has 2 N–H and O–H groups in total. The molecule has 2 atom stereocenters. The summed E-state index contributed by atoms with van der Waals surface area (Å²) < 4.78 is 5.65. The van der Waals surface area contributed by atoms with Crippen LogP contribution in [0.1, 0.15) is 44.9 Å². The number of nitrogens with two attached hydrogens (primary N) is 1. The standard InChI is InChI=1S/C13H24N2OS/c14-13(17)12-7-1-2-8-15(12)9-3-5-11-6-4-10-16-11/h11-12H,1-10H2,(H2,14,17). The summed E-state index contributed by atoms with van der Waals surface area (Å²) in [7, 11) is 0. The van der Waals surface area contributed by atoms with Crippen molar-refractivity contribution in [2.45, 2.75) is 57.1 Å². The van der Waals surface area contributed by atoms with Crippen molar-refractivity contribution in [3.8, 4) is 0 Å². The lowest BCUT2D eigenvalue weighted by Crippen LogP contribution is -2.47. The van der Waals surface area contributed by atoms with Crippen LogP contribution in [0.2, 0.25) is 0 Å². The maximum atomic E-state index is 5.82. The Hall–Kier alpha value is -0.190. The summed E-state index contributed by atoms with van der Waals surface area (Å²) in [6.45, 7) is 3.25. The van der Waals surface area contributed by atoms with Crippen molar-refractivity contribution in [3.63, 3.8) is 0 Å². The Morgan fingerprint density at radius 3 is 2.88 bits per heavy atom. The van der Waals surface area contributed by atoms with Gasteiger partial charge in [0.05, 0.1) is 17.1 Å². The van der Waals surface area contributed by atoms with Crippen molar-refractivity contribution in [3.05, 3.63) is 0 Å². The van der Waals surface area contributed by atoms with Gasteiger partial charge in [0.2, 0.25) is 0 Å². The minimum absolute atomic E-state index is 0.350. The van der Waals surface area contributed by atoms with E-state index in [9.17, 15) is 0 Å². The Labute approximate surface area is 110 Å². The quantitative estimate of drug-likeness (QED) is 0.764. The zero-order valence-electron chi connectivity index (χ0n) is 10.6. The van der Waals surface area contributed by atoms with Gasteiger partial charge in [-0.25, -0.2) is 0 Å². The molecule has 2 rings (SSSR count). The van der Waals surface area contributed by atoms with Crippen LogP contribution >= 0.6 is 12.2 Å². The summed E-state index contributed by atoms with van der Waals surface area (Å²) in [5.41, 5.74) is 5.82. The Bertz CT molecular complexity index is 254. The Balaban J connectivity index is 1.70. The second-order valence-corrected chi connectivity index (χ2v) is 5.70. The van der Waals surface area contributed by atoms with Crippen LogP contribution in [-0.2, 0) is 4.74 Å². The van der Waals surface area contributed by atoms with Crippen molar-refractivity contribution >= 4 is 17.2 Å². The highest BCUT2D eigenvalue weighted by molar-refractivity contribution is 7.80. The lowest BCUT2D eigenvalue weighted by atomic mass is 10.0. The van der Waals surface area contributed by atoms with Gasteiger partial charge in [0, 0.05) is 6.61 Å². The smallest absolute Gasteiger partial charge is 0.0902 e. The number of hydrogen-bond donors (Lipinski definition) is 1. The molecule has 0 amide bonds. The Morgan fingerprint density at radius 1 is 1.29 bits per heavy atom. The van der Waals surface area contributed by atoms with E-state index in [1.54, 1.807) is 0 Å². The summed E-state index contributed by atoms with van der Waals surface area (Å²) in [4.78, 5) is 3.16. The molecule has 2 fully saturated rings. The summed E-state index contributed by atoms with van der Waals surface area (Å²) >= 11 is 5.16. The first kappa shape index (κ1) is 13.2. The molecule has 4 heteroatoms. The molecule has 0 aliphatic carbocycles. The fourth-order valence-electron chi connectivity index (χ4n) is 2.97. The van der Waals surface area contributed by atoms with E-state index in [1.807, 2.05) is 0 Å². The third-order valence-corrected chi connectivity index (χ3v) is 4.21. The largest absolute Gasteiger partial charge is 0.392 e. The summed E-state index contributed by atoms with van der Waals surface area (Å²) in [6, 6.07) is 0.350. The van der Waals surface area contributed by atoms with E-state index in [-0.39, 0.29) is 0 Å². The minimum Gasteiger partial charge on any atom is -0.392 e. The molecule has 0 aromatic carbocycles. The maximum Gasteiger partial charge on any atom is 0.0902 e. The number of likely N-dealkylation sites (tertiary alicyclic amines) is 1. The molecule has 0 aromatic heterocycles. The highest BCUT2D eigenvalue weighted by atomic mass is 32.1. The molecule has 0 radical (unpaired) electrons. The number of thiocarbonyl (C=S) groups is 1. The maximum absolute atomic E-state index is 5.82. The molecular formula is C13H24N2OS. The first-order chi connectivity index (χ1) is 8.27. The molecule has 0 aromatic rings. The topological polar surface area (TPSA) is 38.5 Å². The highest BCUT2D eigenvalue weighted by Gasteiger charge is 2.24. The van der Waals surface area contributed by atoms with Gasteiger partial charge in [0.25, 0.3) is 0 Å². The SMILES string of the molecule is NC(=S)C1CCCCN1CCCC1CCCO1. The van der Waals surface area contributed by atoms with E-state index in [2.05, 4.69) is 4.90 Å². The Morgan fingerprint density at radius 2 is 2.18 bits per heavy atom. The van der Waals surface area contributed by atoms with Crippen molar-refractivity contribution < 1.29 is 4.74 Å². The normalized spacial score (nSPS) is 30.6. The van der Waals surface area contributed by atoms with Crippen LogP contribution in [0, 0.1) is 0 Å². The van der Waals surface area contributed by atoms with E-state index < -0.39 is 0 Å². The van der Waals surface area contributed by atoms with Crippen LogP contribution in [0.3, 0.4) is 0 Å². The average Bonchev–Trinajstić information content (AvgIpc) is 2.82. The van der Waals surface area contributed by atoms with E-state index in [0.29, 0.717) is 17.1 Å². The Kier molecular flexibility index (Phi) is 5.19. The van der Waals surface area contributed by atoms with Crippen LogP contribution in [0.5, 0.6) is 0 Å². The van der Waals surface area contributed by atoms with E-state index >= 15 is 0 Å². The van der Waals surface area contributed by atoms with Crippen LogP contribution in [0.4, 0.5) is 0 Å². The van der Waals surface area contributed by atoms with Gasteiger partial charge < -0.3 is 10.5 Å². The van der Waals surface area contributed by atoms with Gasteiger partial charge in [-0.2, -0.15) is 0 Å². The van der Waals surface area contributed by atoms with Gasteiger partial charge >= 0.3 is 0 Å². The molecule has 0 saturated carbocycles. The predicted molar refractivity (Wildman–Crippen MR) is 74.2 cm³/mol. The van der Waals surface area contributed by atoms with E-state index in [4.69, 9.17) is 22.7 Å². The number of piperidine rings is 1. The van der Waals surface area contributed by atoms with Crippen LogP contribution < -0.4 is 5.73 Å². The van der Waals surface area contributed by atoms with E-state index in [0.717, 1.165) is 26.1 Å². The zero-order valence-corrected chi connectivity index (χ0v) is 11.4. The molecule has 2 unspecified atom stereocenters. The average molecular weight is 256 g/mol. The molecule has 0 bridgehead atoms. The fourth-order valence-corrected chi connectivity index (χ4v) is 3.24. The molecule has 3 nitrogen and oxygen atoms in total. The second kappa shape index (κ2) is 6.66.